The van der Waals surface area contributed by atoms with Crippen molar-refractivity contribution in [3.63, 3.8) is 0 Å². The number of fused-ring (bicyclic) bond motifs is 1. The summed E-state index contributed by atoms with van der Waals surface area (Å²) in [4.78, 5) is 14.4. The van der Waals surface area contributed by atoms with Crippen molar-refractivity contribution in [1.82, 2.24) is 10.2 Å². The molecule has 1 heterocycles. The van der Waals surface area contributed by atoms with E-state index in [4.69, 9.17) is 0 Å². The Labute approximate surface area is 128 Å². The fourth-order valence-electron chi connectivity index (χ4n) is 3.34. The molecule has 2 atom stereocenters. The fraction of sp³-hybridized carbons (Fsp3) is 0.611. The molecule has 3 nitrogen and oxygen atoms in total. The second-order valence-corrected chi connectivity index (χ2v) is 7.60. The van der Waals surface area contributed by atoms with Crippen molar-refractivity contribution in [3.05, 3.63) is 35.7 Å². The van der Waals surface area contributed by atoms with E-state index < -0.39 is 5.41 Å². The van der Waals surface area contributed by atoms with Crippen LogP contribution < -0.4 is 5.32 Å². The Kier molecular flexibility index (Phi) is 4.05. The summed E-state index contributed by atoms with van der Waals surface area (Å²) in [5, 5.41) is 3.61. The highest BCUT2D eigenvalue weighted by Gasteiger charge is 2.38. The Morgan fingerprint density at radius 3 is 2.67 bits per heavy atom. The molecule has 0 bridgehead atoms. The lowest BCUT2D eigenvalue weighted by atomic mass is 9.71. The van der Waals surface area contributed by atoms with Gasteiger partial charge in [-0.3, -0.25) is 4.79 Å². The SMILES string of the molecule is CC1CC(C)(C)NC2=CC(C)(C(=O)C=CN(C)C)CC=C21. The van der Waals surface area contributed by atoms with Crippen molar-refractivity contribution >= 4 is 5.78 Å². The smallest absolute Gasteiger partial charge is 0.167 e. The van der Waals surface area contributed by atoms with Gasteiger partial charge in [-0.25, -0.2) is 0 Å². The van der Waals surface area contributed by atoms with Gasteiger partial charge in [0.15, 0.2) is 5.78 Å². The van der Waals surface area contributed by atoms with Gasteiger partial charge < -0.3 is 10.2 Å². The zero-order valence-corrected chi connectivity index (χ0v) is 14.2. The zero-order chi connectivity index (χ0) is 15.8. The minimum absolute atomic E-state index is 0.0867. The molecule has 1 fully saturated rings. The van der Waals surface area contributed by atoms with E-state index in [1.54, 1.807) is 6.08 Å². The minimum Gasteiger partial charge on any atom is -0.383 e. The summed E-state index contributed by atoms with van der Waals surface area (Å²) in [7, 11) is 3.85. The van der Waals surface area contributed by atoms with Gasteiger partial charge in [0, 0.05) is 31.5 Å². The molecule has 3 heteroatoms. The van der Waals surface area contributed by atoms with E-state index in [9.17, 15) is 4.79 Å². The highest BCUT2D eigenvalue weighted by Crippen LogP contribution is 2.41. The summed E-state index contributed by atoms with van der Waals surface area (Å²) in [6.07, 6.45) is 9.82. The molecule has 0 radical (unpaired) electrons. The van der Waals surface area contributed by atoms with Crippen LogP contribution in [0.3, 0.4) is 0 Å². The highest BCUT2D eigenvalue weighted by molar-refractivity contribution is 5.96. The van der Waals surface area contributed by atoms with Crippen molar-refractivity contribution in [2.45, 2.75) is 46.1 Å². The van der Waals surface area contributed by atoms with Gasteiger partial charge in [-0.2, -0.15) is 0 Å². The van der Waals surface area contributed by atoms with E-state index >= 15 is 0 Å². The number of allylic oxidation sites excluding steroid dienone is 4. The number of ketones is 1. The Bertz CT molecular complexity index is 525. The Morgan fingerprint density at radius 2 is 2.05 bits per heavy atom. The van der Waals surface area contributed by atoms with Crippen LogP contribution in [-0.4, -0.2) is 30.3 Å². The van der Waals surface area contributed by atoms with Crippen LogP contribution in [-0.2, 0) is 4.79 Å². The number of carbonyl (C=O) groups excluding carboxylic acids is 1. The van der Waals surface area contributed by atoms with Crippen LogP contribution in [0.5, 0.6) is 0 Å². The lowest BCUT2D eigenvalue weighted by Crippen LogP contribution is -2.47. The Balaban J connectivity index is 2.27. The van der Waals surface area contributed by atoms with Crippen molar-refractivity contribution in [1.29, 1.82) is 0 Å². The lowest BCUT2D eigenvalue weighted by molar-refractivity contribution is -0.120. The summed E-state index contributed by atoms with van der Waals surface area (Å²) < 4.78 is 0. The number of piperidine rings is 1. The predicted octanol–water partition coefficient (Wildman–Crippen LogP) is 3.26. The van der Waals surface area contributed by atoms with Crippen LogP contribution >= 0.6 is 0 Å². The molecule has 0 saturated carbocycles. The van der Waals surface area contributed by atoms with Gasteiger partial charge in [0.1, 0.15) is 0 Å². The van der Waals surface area contributed by atoms with Crippen molar-refractivity contribution in [2.75, 3.05) is 14.1 Å². The van der Waals surface area contributed by atoms with Crippen LogP contribution in [0.2, 0.25) is 0 Å². The highest BCUT2D eigenvalue weighted by atomic mass is 16.1. The number of carbonyl (C=O) groups is 1. The van der Waals surface area contributed by atoms with Crippen LogP contribution in [0.15, 0.2) is 35.7 Å². The lowest BCUT2D eigenvalue weighted by Gasteiger charge is -2.43. The molecule has 2 rings (SSSR count). The third-order valence-electron chi connectivity index (χ3n) is 4.43. The Hall–Kier alpha value is -1.51. The van der Waals surface area contributed by atoms with Gasteiger partial charge in [-0.1, -0.05) is 13.0 Å². The quantitative estimate of drug-likeness (QED) is 0.809. The van der Waals surface area contributed by atoms with E-state index in [0.717, 1.165) is 18.5 Å². The molecule has 0 aromatic heterocycles. The van der Waals surface area contributed by atoms with Gasteiger partial charge >= 0.3 is 0 Å². The largest absolute Gasteiger partial charge is 0.383 e. The van der Waals surface area contributed by atoms with E-state index in [1.165, 1.54) is 5.57 Å². The molecule has 0 aromatic carbocycles. The average molecular weight is 288 g/mol. The first-order chi connectivity index (χ1) is 9.63. The fourth-order valence-corrected chi connectivity index (χ4v) is 3.34. The van der Waals surface area contributed by atoms with E-state index in [2.05, 4.69) is 38.2 Å². The first-order valence-electron chi connectivity index (χ1n) is 7.73. The summed E-state index contributed by atoms with van der Waals surface area (Å²) >= 11 is 0. The van der Waals surface area contributed by atoms with Gasteiger partial charge in [0.25, 0.3) is 0 Å². The molecule has 0 spiro atoms. The molecule has 1 saturated heterocycles. The zero-order valence-electron chi connectivity index (χ0n) is 14.2. The van der Waals surface area contributed by atoms with Crippen LogP contribution in [0.1, 0.15) is 40.5 Å². The molecule has 2 unspecified atom stereocenters. The third kappa shape index (κ3) is 3.39. The van der Waals surface area contributed by atoms with Gasteiger partial charge in [0.05, 0.1) is 5.41 Å². The van der Waals surface area contributed by atoms with E-state index in [0.29, 0.717) is 5.92 Å². The standard InChI is InChI=1S/C18H28N2O/c1-13-11-17(2,3)19-15-12-18(4,9-7-14(13)15)16(21)8-10-20(5)6/h7-8,10,12-13,19H,9,11H2,1-6H3. The maximum absolute atomic E-state index is 12.5. The molecule has 0 amide bonds. The Morgan fingerprint density at radius 1 is 1.38 bits per heavy atom. The van der Waals surface area contributed by atoms with E-state index in [-0.39, 0.29) is 11.3 Å². The maximum Gasteiger partial charge on any atom is 0.167 e. The first kappa shape index (κ1) is 15.9. The summed E-state index contributed by atoms with van der Waals surface area (Å²) in [5.41, 5.74) is 2.17. The average Bonchev–Trinajstić information content (AvgIpc) is 2.33. The summed E-state index contributed by atoms with van der Waals surface area (Å²) in [5.74, 6) is 0.710. The van der Waals surface area contributed by atoms with Gasteiger partial charge in [0.2, 0.25) is 0 Å². The number of hydrogen-bond donors (Lipinski definition) is 1. The molecule has 2 aliphatic rings. The second-order valence-electron chi connectivity index (χ2n) is 7.60. The van der Waals surface area contributed by atoms with Gasteiger partial charge in [-0.05, 0) is 57.3 Å². The third-order valence-corrected chi connectivity index (χ3v) is 4.43. The second kappa shape index (κ2) is 5.36. The molecule has 0 aromatic rings. The monoisotopic (exact) mass is 288 g/mol. The number of rotatable bonds is 3. The van der Waals surface area contributed by atoms with Gasteiger partial charge in [-0.15, -0.1) is 0 Å². The van der Waals surface area contributed by atoms with E-state index in [1.807, 2.05) is 32.1 Å². The molecular weight excluding hydrogens is 260 g/mol. The number of nitrogens with zero attached hydrogens (tertiary/aromatic N) is 1. The van der Waals surface area contributed by atoms with Crippen LogP contribution in [0.4, 0.5) is 0 Å². The normalized spacial score (nSPS) is 31.0. The summed E-state index contributed by atoms with van der Waals surface area (Å²) in [6, 6.07) is 0. The maximum atomic E-state index is 12.5. The molecular formula is C18H28N2O. The van der Waals surface area contributed by atoms with Crippen molar-refractivity contribution in [2.24, 2.45) is 11.3 Å². The van der Waals surface area contributed by atoms with Crippen molar-refractivity contribution < 1.29 is 4.79 Å². The van der Waals surface area contributed by atoms with Crippen LogP contribution in [0, 0.1) is 11.3 Å². The minimum atomic E-state index is -0.439. The molecule has 1 aliphatic carbocycles. The number of nitrogens with one attached hydrogen (secondary N) is 1. The predicted molar refractivity (Wildman–Crippen MR) is 87.7 cm³/mol. The molecule has 1 N–H and O–H groups in total. The first-order valence-corrected chi connectivity index (χ1v) is 7.73. The summed E-state index contributed by atoms with van der Waals surface area (Å²) in [6.45, 7) is 8.75. The number of hydrogen-bond acceptors (Lipinski definition) is 3. The van der Waals surface area contributed by atoms with Crippen LogP contribution in [0.25, 0.3) is 0 Å². The topological polar surface area (TPSA) is 32.3 Å². The molecule has 1 aliphatic heterocycles. The van der Waals surface area contributed by atoms with Crippen molar-refractivity contribution in [3.8, 4) is 0 Å². The molecule has 21 heavy (non-hydrogen) atoms. The molecule has 116 valence electrons.